The summed E-state index contributed by atoms with van der Waals surface area (Å²) in [5.74, 6) is 0. The van der Waals surface area contributed by atoms with Crippen LogP contribution >= 0.6 is 0 Å². The highest BCUT2D eigenvalue weighted by molar-refractivity contribution is 5.67. The van der Waals surface area contributed by atoms with Crippen LogP contribution in [0.15, 0.2) is 15.3 Å². The van der Waals surface area contributed by atoms with Crippen molar-refractivity contribution in [1.82, 2.24) is 5.32 Å². The van der Waals surface area contributed by atoms with E-state index in [1.54, 1.807) is 0 Å². The van der Waals surface area contributed by atoms with E-state index in [4.69, 9.17) is 24.5 Å². The van der Waals surface area contributed by atoms with Gasteiger partial charge in [-0.2, -0.15) is 10.2 Å². The molecule has 0 saturated carbocycles. The summed E-state index contributed by atoms with van der Waals surface area (Å²) in [5, 5.41) is 74.2. The molecule has 0 aromatic heterocycles. The molecule has 0 bridgehead atoms. The Kier molecular flexibility index (Phi) is 10.4. The smallest absolute Gasteiger partial charge is 0.407 e. The van der Waals surface area contributed by atoms with E-state index in [2.05, 4.69) is 25.6 Å². The van der Waals surface area contributed by atoms with Crippen molar-refractivity contribution >= 4 is 6.09 Å². The highest BCUT2D eigenvalue weighted by Crippen LogP contribution is 2.32. The minimum Gasteiger partial charge on any atom is -0.441 e. The van der Waals surface area contributed by atoms with Crippen LogP contribution in [-0.2, 0) is 18.9 Å². The van der Waals surface area contributed by atoms with E-state index in [0.717, 1.165) is 6.42 Å². The maximum Gasteiger partial charge on any atom is 0.407 e. The van der Waals surface area contributed by atoms with Gasteiger partial charge in [-0.15, -0.1) is 0 Å². The summed E-state index contributed by atoms with van der Waals surface area (Å²) >= 11 is 0. The van der Waals surface area contributed by atoms with Crippen LogP contribution in [0.5, 0.6) is 0 Å². The number of ether oxygens (including phenoxy) is 4. The summed E-state index contributed by atoms with van der Waals surface area (Å²) in [6.45, 7) is 0.431. The second-order valence-electron chi connectivity index (χ2n) is 9.12. The predicted molar refractivity (Wildman–Crippen MR) is 120 cm³/mol. The first-order chi connectivity index (χ1) is 17.7. The van der Waals surface area contributed by atoms with Gasteiger partial charge in [-0.25, -0.2) is 4.79 Å². The lowest BCUT2D eigenvalue weighted by Crippen LogP contribution is -2.65. The minimum absolute atomic E-state index is 0.0920. The van der Waals surface area contributed by atoms with Crippen LogP contribution < -0.4 is 5.32 Å². The average Bonchev–Trinajstić information content (AvgIpc) is 3.68. The van der Waals surface area contributed by atoms with E-state index in [0.29, 0.717) is 12.8 Å². The maximum absolute atomic E-state index is 12.6. The van der Waals surface area contributed by atoms with Crippen LogP contribution in [0.3, 0.4) is 0 Å². The van der Waals surface area contributed by atoms with Crippen LogP contribution in [0, 0.1) is 0 Å². The molecule has 3 aliphatic heterocycles. The van der Waals surface area contributed by atoms with E-state index in [1.165, 1.54) is 0 Å². The molecule has 0 aromatic carbocycles. The van der Waals surface area contributed by atoms with Crippen molar-refractivity contribution in [2.24, 2.45) is 15.3 Å². The fourth-order valence-electron chi connectivity index (χ4n) is 4.22. The van der Waals surface area contributed by atoms with Gasteiger partial charge in [-0.3, -0.25) is 0 Å². The number of hydrogen-bond acceptors (Lipinski definition) is 14. The molecule has 1 amide bonds. The Balaban J connectivity index is 1.71. The number of rotatable bonds is 12. The fraction of sp³-hybridized carbons (Fsp3) is 0.950. The average molecular weight is 535 g/mol. The van der Waals surface area contributed by atoms with Crippen molar-refractivity contribution in [3.63, 3.8) is 0 Å². The van der Waals surface area contributed by atoms with Crippen LogP contribution in [0.4, 0.5) is 4.79 Å². The zero-order valence-electron chi connectivity index (χ0n) is 20.2. The van der Waals surface area contributed by atoms with E-state index < -0.39 is 86.2 Å². The quantitative estimate of drug-likeness (QED) is 0.0821. The number of aliphatic hydroxyl groups is 6. The number of carbonyl (C=O) groups is 1. The Morgan fingerprint density at radius 3 is 2.32 bits per heavy atom. The standard InChI is InChI=1S/C20H34N6O11/c1-2-3-4-9-16(37-19(33)22-7-20(24-25-20)8-23-26-21)15(32)17(11(6-28)34-9)36-18-14(31)13(30)12(29)10(5-27)35-18/h9-18,27-32H,2-8H2,1H3,(H,22,33)/t9-,10?,11?,12-,13?,14?,15?,16?,17+,18-/m0/s1. The number of nitrogens with one attached hydrogen (secondary N) is 1. The lowest BCUT2D eigenvalue weighted by Gasteiger charge is -2.47. The van der Waals surface area contributed by atoms with E-state index >= 15 is 0 Å². The summed E-state index contributed by atoms with van der Waals surface area (Å²) in [6, 6.07) is 0. The molecule has 210 valence electrons. The molecule has 0 aromatic rings. The molecule has 37 heavy (non-hydrogen) atoms. The number of nitrogens with zero attached hydrogens (tertiary/aromatic N) is 5. The molecule has 3 aliphatic rings. The molecule has 10 atom stereocenters. The second kappa shape index (κ2) is 13.1. The molecule has 2 saturated heterocycles. The van der Waals surface area contributed by atoms with Crippen molar-refractivity contribution in [3.05, 3.63) is 10.4 Å². The Labute approximate surface area is 211 Å². The molecule has 17 heteroatoms. The van der Waals surface area contributed by atoms with Gasteiger partial charge in [0.1, 0.15) is 42.7 Å². The number of aliphatic hydroxyl groups excluding tert-OH is 6. The normalized spacial score (nSPS) is 38.5. The van der Waals surface area contributed by atoms with Crippen molar-refractivity contribution < 1.29 is 54.4 Å². The Morgan fingerprint density at radius 1 is 1.03 bits per heavy atom. The van der Waals surface area contributed by atoms with Crippen LogP contribution in [-0.4, -0.2) is 130 Å². The predicted octanol–water partition coefficient (Wildman–Crippen LogP) is -1.95. The number of unbranched alkanes of at least 4 members (excludes halogenated alkanes) is 1. The lowest BCUT2D eigenvalue weighted by molar-refractivity contribution is -0.341. The van der Waals surface area contributed by atoms with Crippen molar-refractivity contribution in [2.75, 3.05) is 26.3 Å². The number of carbonyl (C=O) groups excluding carboxylic acids is 1. The third-order valence-electron chi connectivity index (χ3n) is 6.45. The first-order valence-corrected chi connectivity index (χ1v) is 12.0. The van der Waals surface area contributed by atoms with Crippen molar-refractivity contribution in [2.45, 2.75) is 93.1 Å². The summed E-state index contributed by atoms with van der Waals surface area (Å²) in [4.78, 5) is 15.2. The van der Waals surface area contributed by atoms with Crippen molar-refractivity contribution in [1.29, 1.82) is 0 Å². The van der Waals surface area contributed by atoms with Gasteiger partial charge in [0.05, 0.1) is 32.4 Å². The first kappa shape index (κ1) is 29.4. The molecular formula is C20H34N6O11. The second-order valence-corrected chi connectivity index (χ2v) is 9.12. The lowest BCUT2D eigenvalue weighted by atomic mass is 9.91. The molecule has 3 rings (SSSR count). The molecule has 0 aliphatic carbocycles. The van der Waals surface area contributed by atoms with E-state index in [9.17, 15) is 35.4 Å². The minimum atomic E-state index is -1.76. The van der Waals surface area contributed by atoms with Crippen LogP contribution in [0.1, 0.15) is 26.2 Å². The highest BCUT2D eigenvalue weighted by atomic mass is 16.7. The first-order valence-electron chi connectivity index (χ1n) is 12.0. The summed E-state index contributed by atoms with van der Waals surface area (Å²) in [5.41, 5.74) is 7.40. The van der Waals surface area contributed by atoms with E-state index in [-0.39, 0.29) is 13.1 Å². The van der Waals surface area contributed by atoms with E-state index in [1.807, 2.05) is 6.92 Å². The van der Waals surface area contributed by atoms with Gasteiger partial charge >= 0.3 is 6.09 Å². The summed E-state index contributed by atoms with van der Waals surface area (Å²) < 4.78 is 22.4. The third kappa shape index (κ3) is 7.02. The summed E-state index contributed by atoms with van der Waals surface area (Å²) in [6.07, 6.45) is -13.3. The van der Waals surface area contributed by atoms with Gasteiger partial charge in [0.2, 0.25) is 5.66 Å². The van der Waals surface area contributed by atoms with Gasteiger partial charge in [0.15, 0.2) is 12.4 Å². The summed E-state index contributed by atoms with van der Waals surface area (Å²) in [7, 11) is 0. The maximum atomic E-state index is 12.6. The molecule has 7 N–H and O–H groups in total. The third-order valence-corrected chi connectivity index (χ3v) is 6.45. The topological polar surface area (TPSA) is 261 Å². The number of amides is 1. The SMILES string of the molecule is CCCC[C@@H]1OC(CO)[C@@H](O[C@@H]2OC(CO)[C@H](O)C(O)C2O)C(O)C1OC(=O)NCC1(CN=[N+]=[N-])N=N1. The van der Waals surface area contributed by atoms with Gasteiger partial charge in [-0.05, 0) is 12.0 Å². The number of azide groups is 1. The highest BCUT2D eigenvalue weighted by Gasteiger charge is 2.52. The van der Waals surface area contributed by atoms with Crippen LogP contribution in [0.2, 0.25) is 0 Å². The monoisotopic (exact) mass is 534 g/mol. The van der Waals surface area contributed by atoms with Crippen LogP contribution in [0.25, 0.3) is 10.4 Å². The molecule has 2 fully saturated rings. The fourth-order valence-corrected chi connectivity index (χ4v) is 4.22. The Hall–Kier alpha value is -2.18. The van der Waals surface area contributed by atoms with Gasteiger partial charge < -0.3 is 54.9 Å². The zero-order chi connectivity index (χ0) is 27.2. The molecule has 0 spiro atoms. The Morgan fingerprint density at radius 2 is 1.73 bits per heavy atom. The zero-order valence-corrected chi connectivity index (χ0v) is 20.2. The van der Waals surface area contributed by atoms with Crippen molar-refractivity contribution in [3.8, 4) is 0 Å². The number of alkyl carbamates (subject to hydrolysis) is 1. The molecule has 6 unspecified atom stereocenters. The molecule has 3 heterocycles. The van der Waals surface area contributed by atoms with Gasteiger partial charge in [0, 0.05) is 4.91 Å². The number of hydrogen-bond donors (Lipinski definition) is 7. The largest absolute Gasteiger partial charge is 0.441 e. The van der Waals surface area contributed by atoms with Gasteiger partial charge in [0.25, 0.3) is 0 Å². The van der Waals surface area contributed by atoms with Gasteiger partial charge in [-0.1, -0.05) is 24.9 Å². The molecule has 17 nitrogen and oxygen atoms in total. The molecular weight excluding hydrogens is 500 g/mol. The molecule has 0 radical (unpaired) electrons. The Bertz CT molecular complexity index is 838.